The van der Waals surface area contributed by atoms with Crippen LogP contribution in [-0.4, -0.2) is 11.6 Å². The van der Waals surface area contributed by atoms with Gasteiger partial charge in [0, 0.05) is 18.0 Å². The molecular formula is C6H6F2N2O. The fourth-order valence-corrected chi connectivity index (χ4v) is 0.580. The number of rotatable bonds is 2. The largest absolute Gasteiger partial charge is 0.417 e. The molecule has 0 spiro atoms. The summed E-state index contributed by atoms with van der Waals surface area (Å²) in [6, 6.07) is 2.71. The van der Waals surface area contributed by atoms with Crippen molar-refractivity contribution in [1.82, 2.24) is 4.98 Å². The minimum Gasteiger partial charge on any atom is -0.417 e. The molecule has 0 aliphatic rings. The molecular weight excluding hydrogens is 154 g/mol. The van der Waals surface area contributed by atoms with Gasteiger partial charge in [-0.1, -0.05) is 0 Å². The first kappa shape index (κ1) is 7.71. The Bertz CT molecular complexity index is 242. The summed E-state index contributed by atoms with van der Waals surface area (Å²) in [7, 11) is 0. The summed E-state index contributed by atoms with van der Waals surface area (Å²) in [6.07, 6.45) is 1.30. The number of alkyl halides is 2. The molecule has 3 nitrogen and oxygen atoms in total. The van der Waals surface area contributed by atoms with Crippen molar-refractivity contribution in [2.24, 2.45) is 0 Å². The number of nitrogens with two attached hydrogens (primary N) is 1. The number of nitrogen functional groups attached to an aromatic ring is 1. The van der Waals surface area contributed by atoms with E-state index in [2.05, 4.69) is 9.72 Å². The van der Waals surface area contributed by atoms with E-state index in [1.807, 2.05) is 0 Å². The highest BCUT2D eigenvalue weighted by atomic mass is 19.3. The predicted molar refractivity (Wildman–Crippen MR) is 35.3 cm³/mol. The van der Waals surface area contributed by atoms with Crippen LogP contribution in [0.2, 0.25) is 0 Å². The highest BCUT2D eigenvalue weighted by molar-refractivity contribution is 5.39. The zero-order chi connectivity index (χ0) is 8.27. The number of halogens is 2. The van der Waals surface area contributed by atoms with Gasteiger partial charge in [0.15, 0.2) is 0 Å². The molecule has 0 aliphatic carbocycles. The summed E-state index contributed by atoms with van der Waals surface area (Å²) in [5, 5.41) is 0. The molecule has 0 saturated carbocycles. The number of anilines is 1. The molecule has 0 aliphatic heterocycles. The van der Waals surface area contributed by atoms with Crippen LogP contribution in [0.5, 0.6) is 5.88 Å². The first-order valence-electron chi connectivity index (χ1n) is 2.85. The van der Waals surface area contributed by atoms with Crippen LogP contribution >= 0.6 is 0 Å². The standard InChI is InChI=1S/C6H6F2N2O/c7-6(8)11-5-3-4(9)1-2-10-5/h1-3,6H,(H2,9,10). The summed E-state index contributed by atoms with van der Waals surface area (Å²) < 4.78 is 27.1. The molecule has 0 amide bonds. The van der Waals surface area contributed by atoms with Gasteiger partial charge in [0.2, 0.25) is 5.88 Å². The first-order valence-corrected chi connectivity index (χ1v) is 2.85. The molecule has 2 N–H and O–H groups in total. The van der Waals surface area contributed by atoms with Crippen LogP contribution < -0.4 is 10.5 Å². The van der Waals surface area contributed by atoms with Crippen molar-refractivity contribution in [3.05, 3.63) is 18.3 Å². The van der Waals surface area contributed by atoms with Gasteiger partial charge in [0.25, 0.3) is 0 Å². The normalized spacial score (nSPS) is 10.1. The van der Waals surface area contributed by atoms with Gasteiger partial charge in [-0.3, -0.25) is 0 Å². The van der Waals surface area contributed by atoms with Gasteiger partial charge < -0.3 is 10.5 Å². The summed E-state index contributed by atoms with van der Waals surface area (Å²) in [5.74, 6) is -0.167. The number of hydrogen-bond acceptors (Lipinski definition) is 3. The Morgan fingerprint density at radius 1 is 1.55 bits per heavy atom. The van der Waals surface area contributed by atoms with E-state index in [0.717, 1.165) is 0 Å². The van der Waals surface area contributed by atoms with Gasteiger partial charge in [-0.25, -0.2) is 4.98 Å². The Morgan fingerprint density at radius 3 is 2.82 bits per heavy atom. The third-order valence-corrected chi connectivity index (χ3v) is 0.969. The minimum absolute atomic E-state index is 0.167. The van der Waals surface area contributed by atoms with Crippen LogP contribution in [-0.2, 0) is 0 Å². The third kappa shape index (κ3) is 2.37. The highest BCUT2D eigenvalue weighted by Crippen LogP contribution is 2.12. The van der Waals surface area contributed by atoms with Gasteiger partial charge in [-0.05, 0) is 6.07 Å². The molecule has 5 heteroatoms. The average Bonchev–Trinajstić information content (AvgIpc) is 1.85. The number of hydrogen-bond donors (Lipinski definition) is 1. The lowest BCUT2D eigenvalue weighted by molar-refractivity contribution is -0.0527. The zero-order valence-electron chi connectivity index (χ0n) is 5.50. The monoisotopic (exact) mass is 160 g/mol. The van der Waals surface area contributed by atoms with Crippen molar-refractivity contribution >= 4 is 5.69 Å². The Kier molecular flexibility index (Phi) is 2.20. The molecule has 0 aromatic carbocycles. The summed E-state index contributed by atoms with van der Waals surface area (Å²) in [5.41, 5.74) is 5.61. The average molecular weight is 160 g/mol. The zero-order valence-corrected chi connectivity index (χ0v) is 5.50. The topological polar surface area (TPSA) is 48.1 Å². The Balaban J connectivity index is 2.71. The molecule has 0 atom stereocenters. The number of aromatic nitrogens is 1. The molecule has 0 unspecified atom stereocenters. The van der Waals surface area contributed by atoms with Crippen LogP contribution in [0, 0.1) is 0 Å². The van der Waals surface area contributed by atoms with Crippen LogP contribution in [0.15, 0.2) is 18.3 Å². The second kappa shape index (κ2) is 3.14. The van der Waals surface area contributed by atoms with E-state index in [0.29, 0.717) is 5.69 Å². The van der Waals surface area contributed by atoms with Gasteiger partial charge in [-0.2, -0.15) is 8.78 Å². The van der Waals surface area contributed by atoms with Crippen molar-refractivity contribution in [2.45, 2.75) is 6.61 Å². The summed E-state index contributed by atoms with van der Waals surface area (Å²) in [6.45, 7) is -2.86. The maximum absolute atomic E-state index is 11.5. The molecule has 1 heterocycles. The fourth-order valence-electron chi connectivity index (χ4n) is 0.580. The number of nitrogens with zero attached hydrogens (tertiary/aromatic N) is 1. The molecule has 1 rings (SSSR count). The number of ether oxygens (including phenoxy) is 1. The van der Waals surface area contributed by atoms with E-state index in [9.17, 15) is 8.78 Å². The Morgan fingerprint density at radius 2 is 2.27 bits per heavy atom. The van der Waals surface area contributed by atoms with Gasteiger partial charge >= 0.3 is 6.61 Å². The van der Waals surface area contributed by atoms with E-state index in [4.69, 9.17) is 5.73 Å². The van der Waals surface area contributed by atoms with Crippen molar-refractivity contribution in [2.75, 3.05) is 5.73 Å². The molecule has 60 valence electrons. The molecule has 1 aromatic heterocycles. The summed E-state index contributed by atoms with van der Waals surface area (Å²) >= 11 is 0. The van der Waals surface area contributed by atoms with Crippen molar-refractivity contribution in [1.29, 1.82) is 0 Å². The molecule has 0 fully saturated rings. The van der Waals surface area contributed by atoms with E-state index >= 15 is 0 Å². The summed E-state index contributed by atoms with van der Waals surface area (Å²) in [4.78, 5) is 3.50. The molecule has 1 aromatic rings. The third-order valence-electron chi connectivity index (χ3n) is 0.969. The van der Waals surface area contributed by atoms with Crippen LogP contribution in [0.1, 0.15) is 0 Å². The van der Waals surface area contributed by atoms with Crippen molar-refractivity contribution in [3.63, 3.8) is 0 Å². The SMILES string of the molecule is Nc1ccnc(OC(F)F)c1. The van der Waals surface area contributed by atoms with E-state index in [-0.39, 0.29) is 5.88 Å². The lowest BCUT2D eigenvalue weighted by Gasteiger charge is -2.02. The highest BCUT2D eigenvalue weighted by Gasteiger charge is 2.04. The van der Waals surface area contributed by atoms with Gasteiger partial charge in [0.1, 0.15) is 0 Å². The smallest absolute Gasteiger partial charge is 0.388 e. The predicted octanol–water partition coefficient (Wildman–Crippen LogP) is 1.27. The lowest BCUT2D eigenvalue weighted by atomic mass is 10.4. The van der Waals surface area contributed by atoms with Gasteiger partial charge in [0.05, 0.1) is 0 Å². The maximum atomic E-state index is 11.5. The molecule has 11 heavy (non-hydrogen) atoms. The van der Waals surface area contributed by atoms with Crippen molar-refractivity contribution in [3.8, 4) is 5.88 Å². The van der Waals surface area contributed by atoms with Crippen LogP contribution in [0.3, 0.4) is 0 Å². The van der Waals surface area contributed by atoms with E-state index in [1.165, 1.54) is 18.3 Å². The molecule has 0 saturated heterocycles. The number of pyridine rings is 1. The Labute approximate surface area is 61.8 Å². The lowest BCUT2D eigenvalue weighted by Crippen LogP contribution is -2.03. The Hall–Kier alpha value is -1.39. The fraction of sp³-hybridized carbons (Fsp3) is 0.167. The minimum atomic E-state index is -2.86. The van der Waals surface area contributed by atoms with Crippen LogP contribution in [0.4, 0.5) is 14.5 Å². The quantitative estimate of drug-likeness (QED) is 0.708. The van der Waals surface area contributed by atoms with Crippen molar-refractivity contribution < 1.29 is 13.5 Å². The first-order chi connectivity index (χ1) is 5.18. The second-order valence-electron chi connectivity index (χ2n) is 1.81. The molecule has 0 bridgehead atoms. The van der Waals surface area contributed by atoms with E-state index < -0.39 is 6.61 Å². The van der Waals surface area contributed by atoms with Crippen LogP contribution in [0.25, 0.3) is 0 Å². The van der Waals surface area contributed by atoms with E-state index in [1.54, 1.807) is 0 Å². The molecule has 0 radical (unpaired) electrons. The maximum Gasteiger partial charge on any atom is 0.388 e. The van der Waals surface area contributed by atoms with Gasteiger partial charge in [-0.15, -0.1) is 0 Å². The second-order valence-corrected chi connectivity index (χ2v) is 1.81.